The highest BCUT2D eigenvalue weighted by Crippen LogP contribution is 2.41. The summed E-state index contributed by atoms with van der Waals surface area (Å²) in [5.41, 5.74) is 2.95. The zero-order valence-corrected chi connectivity index (χ0v) is 31.7. The molecule has 8 heterocycles. The number of likely N-dealkylation sites (tertiary alicyclic amines) is 1. The smallest absolute Gasteiger partial charge is 0.284 e. The fourth-order valence-corrected chi connectivity index (χ4v) is 9.50. The van der Waals surface area contributed by atoms with Crippen molar-refractivity contribution in [2.45, 2.75) is 75.2 Å². The molecule has 4 saturated heterocycles. The van der Waals surface area contributed by atoms with Gasteiger partial charge < -0.3 is 19.9 Å². The Bertz CT molecular complexity index is 2400. The van der Waals surface area contributed by atoms with E-state index in [1.54, 1.807) is 10.9 Å². The molecule has 5 fully saturated rings. The molecule has 4 aromatic heterocycles. The number of benzene rings is 1. The lowest BCUT2D eigenvalue weighted by atomic mass is 9.79. The summed E-state index contributed by atoms with van der Waals surface area (Å²) in [6.45, 7) is 4.87. The summed E-state index contributed by atoms with van der Waals surface area (Å²) in [6.07, 6.45) is 5.34. The molecule has 2 bridgehead atoms. The van der Waals surface area contributed by atoms with Gasteiger partial charge in [0.2, 0.25) is 11.8 Å². The number of hydrogen-bond donors (Lipinski definition) is 2. The van der Waals surface area contributed by atoms with E-state index in [9.17, 15) is 23.2 Å². The van der Waals surface area contributed by atoms with Crippen molar-refractivity contribution in [2.24, 2.45) is 13.0 Å². The number of anilines is 2. The lowest BCUT2D eigenvalue weighted by molar-refractivity contribution is -0.134. The molecule has 5 aliphatic rings. The van der Waals surface area contributed by atoms with Crippen LogP contribution in [0.2, 0.25) is 0 Å². The molecule has 4 aliphatic heterocycles. The number of ether oxygens (including phenoxy) is 1. The van der Waals surface area contributed by atoms with E-state index in [-0.39, 0.29) is 41.3 Å². The third-order valence-corrected chi connectivity index (χ3v) is 12.6. The van der Waals surface area contributed by atoms with Crippen LogP contribution in [0, 0.1) is 5.92 Å². The molecule has 1 unspecified atom stereocenters. The Labute approximate surface area is 326 Å². The third-order valence-electron chi connectivity index (χ3n) is 12.6. The number of piperidine rings is 1. The first kappa shape index (κ1) is 36.0. The maximum absolute atomic E-state index is 14.2. The van der Waals surface area contributed by atoms with Crippen LogP contribution in [-0.4, -0.2) is 120 Å². The molecule has 1 aromatic carbocycles. The lowest BCUT2D eigenvalue weighted by Crippen LogP contribution is -2.58. The van der Waals surface area contributed by atoms with Crippen LogP contribution in [0.4, 0.5) is 20.3 Å². The number of carbonyl (C=O) groups is 3. The van der Waals surface area contributed by atoms with Gasteiger partial charge in [-0.1, -0.05) is 18.2 Å². The number of nitrogens with zero attached hydrogens (tertiary/aromatic N) is 10. The van der Waals surface area contributed by atoms with Crippen LogP contribution in [0.15, 0.2) is 42.9 Å². The van der Waals surface area contributed by atoms with E-state index in [4.69, 9.17) is 14.8 Å². The molecular weight excluding hydrogens is 739 g/mol. The Morgan fingerprint density at radius 3 is 2.70 bits per heavy atom. The molecule has 1 saturated carbocycles. The van der Waals surface area contributed by atoms with Gasteiger partial charge in [0.05, 0.1) is 53.8 Å². The van der Waals surface area contributed by atoms with Crippen LogP contribution in [0.1, 0.15) is 77.8 Å². The summed E-state index contributed by atoms with van der Waals surface area (Å²) < 4.78 is 39.1. The first-order valence-electron chi connectivity index (χ1n) is 19.7. The standard InChI is InChI=1S/C39H44F2N12O4/c1-48(25-16-50(17-25)15-22-4-3-5-27-33(46-49(2)35(22)27)28-6-7-32(54)45-38(28)55)14-21-10-23(11-21)53-19-30(34(47-53)36(40)41)43-39(56)29-13-42-52-9-8-31(44-37(29)52)51-18-26-12-24(51)20-57-26/h3-5,8-9,13,19,21,23-26,28,36H,6-7,10-12,14-18,20H2,1-2H3,(H,43,56)(H,45,54,55)/t21?,23?,24-,26-,28?/m1/s1. The molecule has 3 amide bonds. The first-order valence-corrected chi connectivity index (χ1v) is 19.7. The van der Waals surface area contributed by atoms with Gasteiger partial charge in [-0.05, 0) is 50.3 Å². The van der Waals surface area contributed by atoms with Crippen LogP contribution in [0.5, 0.6) is 0 Å². The molecule has 0 radical (unpaired) electrons. The van der Waals surface area contributed by atoms with E-state index >= 15 is 0 Å². The molecule has 10 rings (SSSR count). The van der Waals surface area contributed by atoms with Gasteiger partial charge >= 0.3 is 0 Å². The number of fused-ring (bicyclic) bond motifs is 4. The normalized spacial score (nSPS) is 25.2. The number of rotatable bonds is 11. The number of morpholine rings is 1. The SMILES string of the molecule is CN(CC1CC(n2cc(NC(=O)c3cnn4ccc(N5C[C@H]6C[C@@H]5CO6)nc34)c(C(F)F)n2)C1)C1CN(Cc2cccc3c(C4CCC(=O)NC4=O)nn(C)c23)C1. The minimum atomic E-state index is -2.86. The van der Waals surface area contributed by atoms with Gasteiger partial charge in [-0.25, -0.2) is 18.3 Å². The summed E-state index contributed by atoms with van der Waals surface area (Å²) in [6, 6.07) is 8.59. The number of alkyl halides is 2. The maximum Gasteiger partial charge on any atom is 0.284 e. The second kappa shape index (κ2) is 13.9. The van der Waals surface area contributed by atoms with E-state index in [1.807, 2.05) is 29.9 Å². The van der Waals surface area contributed by atoms with Crippen LogP contribution >= 0.6 is 0 Å². The van der Waals surface area contributed by atoms with Crippen LogP contribution in [0.25, 0.3) is 16.6 Å². The summed E-state index contributed by atoms with van der Waals surface area (Å²) in [5, 5.41) is 19.3. The highest BCUT2D eigenvalue weighted by molar-refractivity contribution is 6.08. The quantitative estimate of drug-likeness (QED) is 0.190. The van der Waals surface area contributed by atoms with Crippen molar-refractivity contribution in [1.82, 2.24) is 49.3 Å². The van der Waals surface area contributed by atoms with Crippen molar-refractivity contribution in [2.75, 3.05) is 50.1 Å². The molecular formula is C39H44F2N12O4. The molecule has 3 atom stereocenters. The zero-order chi connectivity index (χ0) is 39.1. The fourth-order valence-electron chi connectivity index (χ4n) is 9.50. The molecule has 5 aromatic rings. The van der Waals surface area contributed by atoms with Crippen molar-refractivity contribution in [1.29, 1.82) is 0 Å². The molecule has 1 aliphatic carbocycles. The van der Waals surface area contributed by atoms with Gasteiger partial charge in [0.25, 0.3) is 12.3 Å². The van der Waals surface area contributed by atoms with Crippen molar-refractivity contribution >= 4 is 45.8 Å². The Kier molecular flexibility index (Phi) is 8.82. The number of imide groups is 1. The minimum absolute atomic E-state index is 0.0105. The van der Waals surface area contributed by atoms with E-state index in [0.29, 0.717) is 37.1 Å². The zero-order valence-electron chi connectivity index (χ0n) is 31.7. The number of para-hydroxylation sites is 1. The van der Waals surface area contributed by atoms with Gasteiger partial charge in [-0.2, -0.15) is 15.3 Å². The molecule has 298 valence electrons. The number of nitrogens with one attached hydrogen (secondary N) is 2. The molecule has 2 N–H and O–H groups in total. The Balaban J connectivity index is 0.738. The monoisotopic (exact) mass is 782 g/mol. The van der Waals surface area contributed by atoms with Crippen LogP contribution in [-0.2, 0) is 27.9 Å². The number of likely N-dealkylation sites (N-methyl/N-ethyl adjacent to an activating group) is 1. The van der Waals surface area contributed by atoms with Gasteiger partial charge in [-0.3, -0.25) is 34.0 Å². The van der Waals surface area contributed by atoms with E-state index < -0.39 is 23.9 Å². The second-order valence-corrected chi connectivity index (χ2v) is 16.4. The number of halogens is 2. The molecule has 0 spiro atoms. The topological polar surface area (TPSA) is 160 Å². The lowest BCUT2D eigenvalue weighted by Gasteiger charge is -2.47. The number of hydrogen-bond acceptors (Lipinski definition) is 11. The van der Waals surface area contributed by atoms with Gasteiger partial charge in [-0.15, -0.1) is 0 Å². The first-order chi connectivity index (χ1) is 27.6. The molecule has 16 nitrogen and oxygen atoms in total. The number of carbonyl (C=O) groups excluding carboxylic acids is 3. The van der Waals surface area contributed by atoms with Crippen molar-refractivity contribution in [3.63, 3.8) is 0 Å². The Morgan fingerprint density at radius 1 is 1.11 bits per heavy atom. The Morgan fingerprint density at radius 2 is 1.95 bits per heavy atom. The number of amides is 3. The van der Waals surface area contributed by atoms with E-state index in [1.165, 1.54) is 16.9 Å². The average molecular weight is 783 g/mol. The predicted molar refractivity (Wildman–Crippen MR) is 203 cm³/mol. The van der Waals surface area contributed by atoms with Gasteiger partial charge in [0, 0.05) is 70.0 Å². The highest BCUT2D eigenvalue weighted by Gasteiger charge is 2.40. The third kappa shape index (κ3) is 6.43. The summed E-state index contributed by atoms with van der Waals surface area (Å²) in [4.78, 5) is 49.5. The predicted octanol–water partition coefficient (Wildman–Crippen LogP) is 3.27. The van der Waals surface area contributed by atoms with Gasteiger partial charge in [0.1, 0.15) is 11.4 Å². The second-order valence-electron chi connectivity index (χ2n) is 16.4. The van der Waals surface area contributed by atoms with Crippen LogP contribution in [0.3, 0.4) is 0 Å². The minimum Gasteiger partial charge on any atom is -0.374 e. The van der Waals surface area contributed by atoms with Crippen molar-refractivity contribution in [3.8, 4) is 0 Å². The maximum atomic E-state index is 14.2. The van der Waals surface area contributed by atoms with Crippen molar-refractivity contribution < 1.29 is 27.9 Å². The summed E-state index contributed by atoms with van der Waals surface area (Å²) >= 11 is 0. The van der Waals surface area contributed by atoms with Crippen molar-refractivity contribution in [3.05, 3.63) is 65.4 Å². The largest absolute Gasteiger partial charge is 0.374 e. The Hall–Kier alpha value is -5.33. The van der Waals surface area contributed by atoms with Crippen LogP contribution < -0.4 is 15.5 Å². The van der Waals surface area contributed by atoms with Gasteiger partial charge in [0.15, 0.2) is 11.3 Å². The molecule has 18 heteroatoms. The fraction of sp³-hybridized carbons (Fsp3) is 0.513. The van der Waals surface area contributed by atoms with E-state index in [0.717, 1.165) is 80.0 Å². The summed E-state index contributed by atoms with van der Waals surface area (Å²) in [5.74, 6) is -0.402. The summed E-state index contributed by atoms with van der Waals surface area (Å²) in [7, 11) is 4.04. The number of aromatic nitrogens is 7. The number of aryl methyl sites for hydroxylation is 1. The average Bonchev–Trinajstić information content (AvgIpc) is 4.00. The van der Waals surface area contributed by atoms with E-state index in [2.05, 4.69) is 48.6 Å². The molecule has 57 heavy (non-hydrogen) atoms. The highest BCUT2D eigenvalue weighted by atomic mass is 19.3.